The molecule has 0 bridgehead atoms. The summed E-state index contributed by atoms with van der Waals surface area (Å²) in [6.45, 7) is 0. The number of carbonyl (C=O) groups excluding carboxylic acids is 1. The SMILES string of the molecule is O=C1CCCCC/C1=C/c1ccc(F)cc1. The molecule has 1 aliphatic rings. The van der Waals surface area contributed by atoms with Crippen LogP contribution < -0.4 is 0 Å². The van der Waals surface area contributed by atoms with Crippen molar-refractivity contribution in [2.45, 2.75) is 32.1 Å². The molecule has 2 heteroatoms. The summed E-state index contributed by atoms with van der Waals surface area (Å²) in [5.74, 6) is 0.0103. The molecule has 0 aliphatic heterocycles. The van der Waals surface area contributed by atoms with E-state index in [1.807, 2.05) is 6.08 Å². The van der Waals surface area contributed by atoms with Gasteiger partial charge in [0.1, 0.15) is 5.82 Å². The fraction of sp³-hybridized carbons (Fsp3) is 0.357. The van der Waals surface area contributed by atoms with Gasteiger partial charge in [-0.05, 0) is 48.6 Å². The van der Waals surface area contributed by atoms with Gasteiger partial charge in [0, 0.05) is 6.42 Å². The van der Waals surface area contributed by atoms with Crippen LogP contribution >= 0.6 is 0 Å². The first kappa shape index (κ1) is 11.1. The molecule has 16 heavy (non-hydrogen) atoms. The Morgan fingerprint density at radius 3 is 2.44 bits per heavy atom. The van der Waals surface area contributed by atoms with Gasteiger partial charge in [-0.1, -0.05) is 18.6 Å². The predicted molar refractivity (Wildman–Crippen MR) is 62.5 cm³/mol. The fourth-order valence-corrected chi connectivity index (χ4v) is 1.99. The van der Waals surface area contributed by atoms with E-state index in [0.29, 0.717) is 6.42 Å². The van der Waals surface area contributed by atoms with Gasteiger partial charge >= 0.3 is 0 Å². The molecule has 1 fully saturated rings. The first-order valence-corrected chi connectivity index (χ1v) is 5.75. The zero-order valence-electron chi connectivity index (χ0n) is 9.21. The molecule has 84 valence electrons. The quantitative estimate of drug-likeness (QED) is 0.518. The highest BCUT2D eigenvalue weighted by molar-refractivity contribution is 5.99. The van der Waals surface area contributed by atoms with E-state index >= 15 is 0 Å². The Morgan fingerprint density at radius 2 is 1.69 bits per heavy atom. The van der Waals surface area contributed by atoms with Crippen molar-refractivity contribution in [1.29, 1.82) is 0 Å². The van der Waals surface area contributed by atoms with Gasteiger partial charge in [-0.2, -0.15) is 0 Å². The highest BCUT2D eigenvalue weighted by Crippen LogP contribution is 2.21. The van der Waals surface area contributed by atoms with Crippen molar-refractivity contribution in [1.82, 2.24) is 0 Å². The molecule has 1 saturated carbocycles. The van der Waals surface area contributed by atoms with Crippen LogP contribution in [0.1, 0.15) is 37.7 Å². The minimum Gasteiger partial charge on any atom is -0.295 e. The van der Waals surface area contributed by atoms with Crippen LogP contribution in [0.4, 0.5) is 4.39 Å². The number of benzene rings is 1. The van der Waals surface area contributed by atoms with Crippen LogP contribution in [0.3, 0.4) is 0 Å². The van der Waals surface area contributed by atoms with Crippen molar-refractivity contribution < 1.29 is 9.18 Å². The molecule has 1 aromatic carbocycles. The molecule has 0 N–H and O–H groups in total. The van der Waals surface area contributed by atoms with Crippen LogP contribution in [-0.2, 0) is 4.79 Å². The Morgan fingerprint density at radius 1 is 1.00 bits per heavy atom. The topological polar surface area (TPSA) is 17.1 Å². The van der Waals surface area contributed by atoms with Gasteiger partial charge < -0.3 is 0 Å². The highest BCUT2D eigenvalue weighted by Gasteiger charge is 2.12. The third-order valence-electron chi connectivity index (χ3n) is 2.92. The lowest BCUT2D eigenvalue weighted by Crippen LogP contribution is -1.99. The molecule has 0 amide bonds. The van der Waals surface area contributed by atoms with Gasteiger partial charge in [0.15, 0.2) is 5.78 Å². The molecule has 0 atom stereocenters. The summed E-state index contributed by atoms with van der Waals surface area (Å²) in [7, 11) is 0. The second kappa shape index (κ2) is 5.06. The van der Waals surface area contributed by atoms with E-state index in [0.717, 1.165) is 36.8 Å². The number of hydrogen-bond acceptors (Lipinski definition) is 1. The molecule has 0 spiro atoms. The predicted octanol–water partition coefficient (Wildman–Crippen LogP) is 3.74. The first-order valence-electron chi connectivity index (χ1n) is 5.75. The van der Waals surface area contributed by atoms with Gasteiger partial charge in [0.05, 0.1) is 0 Å². The normalized spacial score (nSPS) is 19.8. The van der Waals surface area contributed by atoms with E-state index in [1.54, 1.807) is 12.1 Å². The number of rotatable bonds is 1. The monoisotopic (exact) mass is 218 g/mol. The van der Waals surface area contributed by atoms with Crippen molar-refractivity contribution in [3.63, 3.8) is 0 Å². The Labute approximate surface area is 95.0 Å². The Hall–Kier alpha value is -1.44. The van der Waals surface area contributed by atoms with Gasteiger partial charge in [-0.3, -0.25) is 4.79 Å². The minimum absolute atomic E-state index is 0.241. The smallest absolute Gasteiger partial charge is 0.158 e. The average molecular weight is 218 g/mol. The van der Waals surface area contributed by atoms with Crippen molar-refractivity contribution in [3.8, 4) is 0 Å². The zero-order valence-corrected chi connectivity index (χ0v) is 9.21. The van der Waals surface area contributed by atoms with Crippen LogP contribution in [0.25, 0.3) is 6.08 Å². The Kier molecular flexibility index (Phi) is 3.50. The molecular weight excluding hydrogens is 203 g/mol. The summed E-state index contributed by atoms with van der Waals surface area (Å²) in [5.41, 5.74) is 1.80. The van der Waals surface area contributed by atoms with Crippen LogP contribution in [-0.4, -0.2) is 5.78 Å². The largest absolute Gasteiger partial charge is 0.295 e. The minimum atomic E-state index is -0.241. The van der Waals surface area contributed by atoms with Crippen molar-refractivity contribution in [2.75, 3.05) is 0 Å². The maximum Gasteiger partial charge on any atom is 0.158 e. The summed E-state index contributed by atoms with van der Waals surface area (Å²) >= 11 is 0. The second-order valence-electron chi connectivity index (χ2n) is 4.20. The summed E-state index contributed by atoms with van der Waals surface area (Å²) in [5, 5.41) is 0. The van der Waals surface area contributed by atoms with Crippen LogP contribution in [0.2, 0.25) is 0 Å². The molecule has 1 nitrogen and oxygen atoms in total. The second-order valence-corrected chi connectivity index (χ2v) is 4.20. The highest BCUT2D eigenvalue weighted by atomic mass is 19.1. The summed E-state index contributed by atoms with van der Waals surface area (Å²) in [6.07, 6.45) is 6.63. The van der Waals surface area contributed by atoms with Crippen molar-refractivity contribution in [3.05, 3.63) is 41.2 Å². The van der Waals surface area contributed by atoms with Crippen molar-refractivity contribution in [2.24, 2.45) is 0 Å². The summed E-state index contributed by atoms with van der Waals surface area (Å²) in [6, 6.07) is 6.27. The van der Waals surface area contributed by atoms with E-state index in [1.165, 1.54) is 12.1 Å². The van der Waals surface area contributed by atoms with Crippen molar-refractivity contribution >= 4 is 11.9 Å². The molecule has 1 aliphatic carbocycles. The van der Waals surface area contributed by atoms with Crippen LogP contribution in [0.5, 0.6) is 0 Å². The molecule has 2 rings (SSSR count). The maximum atomic E-state index is 12.7. The number of hydrogen-bond donors (Lipinski definition) is 0. The van der Waals surface area contributed by atoms with Gasteiger partial charge in [0.25, 0.3) is 0 Å². The van der Waals surface area contributed by atoms with E-state index in [-0.39, 0.29) is 11.6 Å². The molecule has 0 aromatic heterocycles. The van der Waals surface area contributed by atoms with E-state index in [2.05, 4.69) is 0 Å². The van der Waals surface area contributed by atoms with Gasteiger partial charge in [-0.25, -0.2) is 4.39 Å². The lowest BCUT2D eigenvalue weighted by Gasteiger charge is -2.01. The first-order chi connectivity index (χ1) is 7.75. The van der Waals surface area contributed by atoms with E-state index < -0.39 is 0 Å². The van der Waals surface area contributed by atoms with Crippen LogP contribution in [0, 0.1) is 5.82 Å². The molecule has 0 radical (unpaired) electrons. The molecule has 1 aromatic rings. The lowest BCUT2D eigenvalue weighted by atomic mass is 10.0. The standard InChI is InChI=1S/C14H15FO/c15-13-8-6-11(7-9-13)10-12-4-2-1-3-5-14(12)16/h6-10H,1-5H2/b12-10-. The number of ketones is 1. The maximum absolute atomic E-state index is 12.7. The fourth-order valence-electron chi connectivity index (χ4n) is 1.99. The number of halogens is 1. The van der Waals surface area contributed by atoms with Gasteiger partial charge in [-0.15, -0.1) is 0 Å². The molecule has 0 heterocycles. The lowest BCUT2D eigenvalue weighted by molar-refractivity contribution is -0.115. The molecular formula is C14H15FO. The molecule has 0 saturated heterocycles. The zero-order chi connectivity index (χ0) is 11.4. The summed E-state index contributed by atoms with van der Waals surface area (Å²) in [4.78, 5) is 11.7. The average Bonchev–Trinajstić information content (AvgIpc) is 2.48. The van der Waals surface area contributed by atoms with Crippen LogP contribution in [0.15, 0.2) is 29.8 Å². The third kappa shape index (κ3) is 2.78. The number of Topliss-reactive ketones (excluding diaryl/α,β-unsaturated/α-hetero) is 1. The van der Waals surface area contributed by atoms with Gasteiger partial charge in [0.2, 0.25) is 0 Å². The molecule has 0 unspecified atom stereocenters. The number of allylic oxidation sites excluding steroid dienone is 1. The Bertz CT molecular complexity index is 403. The number of carbonyl (C=O) groups is 1. The third-order valence-corrected chi connectivity index (χ3v) is 2.92. The Balaban J connectivity index is 2.21. The summed E-state index contributed by atoms with van der Waals surface area (Å²) < 4.78 is 12.7. The van der Waals surface area contributed by atoms with E-state index in [4.69, 9.17) is 0 Å². The van der Waals surface area contributed by atoms with E-state index in [9.17, 15) is 9.18 Å².